The first-order valence-corrected chi connectivity index (χ1v) is 4.47. The Labute approximate surface area is 79.5 Å². The normalized spacial score (nSPS) is 14.9. The van der Waals surface area contributed by atoms with Crippen molar-refractivity contribution in [3.63, 3.8) is 0 Å². The fourth-order valence-electron chi connectivity index (χ4n) is 0.990. The van der Waals surface area contributed by atoms with Crippen LogP contribution in [-0.2, 0) is 4.74 Å². The van der Waals surface area contributed by atoms with E-state index >= 15 is 0 Å². The Morgan fingerprint density at radius 1 is 1.62 bits per heavy atom. The maximum atomic E-state index is 8.73. The summed E-state index contributed by atoms with van der Waals surface area (Å²) >= 11 is 0. The second-order valence-electron chi connectivity index (χ2n) is 3.10. The summed E-state index contributed by atoms with van der Waals surface area (Å²) in [5.74, 6) is -0.00181. The molecule has 0 amide bonds. The van der Waals surface area contributed by atoms with E-state index in [-0.39, 0.29) is 18.6 Å². The Balaban J connectivity index is 3.62. The Morgan fingerprint density at radius 3 is 2.77 bits per heavy atom. The average molecular weight is 186 g/mol. The molecular weight excluding hydrogens is 168 g/mol. The number of rotatable bonds is 7. The zero-order valence-electron chi connectivity index (χ0n) is 8.29. The van der Waals surface area contributed by atoms with Gasteiger partial charge in [0.05, 0.1) is 18.6 Å². The highest BCUT2D eigenvalue weighted by atomic mass is 16.5. The van der Waals surface area contributed by atoms with E-state index in [4.69, 9.17) is 15.1 Å². The van der Waals surface area contributed by atoms with Gasteiger partial charge in [-0.3, -0.25) is 0 Å². The second-order valence-corrected chi connectivity index (χ2v) is 3.10. The molecule has 0 rings (SSSR count). The van der Waals surface area contributed by atoms with E-state index < -0.39 is 0 Å². The van der Waals surface area contributed by atoms with Crippen LogP contribution in [0.25, 0.3) is 0 Å². The molecule has 0 aliphatic heterocycles. The molecule has 0 heterocycles. The summed E-state index contributed by atoms with van der Waals surface area (Å²) < 4.78 is 4.97. The van der Waals surface area contributed by atoms with Gasteiger partial charge in [-0.05, 0) is 13.3 Å². The smallest absolute Gasteiger partial charge is 0.0666 e. The van der Waals surface area contributed by atoms with Crippen LogP contribution in [0.2, 0.25) is 0 Å². The lowest BCUT2D eigenvalue weighted by Crippen LogP contribution is -2.36. The standard InChI is InChI=1S/C9H18N2O2/c1-8(5-10)6-11-9(3-4-12)7-13-2/h8-9,11-12H,3-4,6-7H2,1-2H3. The van der Waals surface area contributed by atoms with Crippen molar-refractivity contribution < 1.29 is 9.84 Å². The van der Waals surface area contributed by atoms with Crippen LogP contribution in [0.4, 0.5) is 0 Å². The van der Waals surface area contributed by atoms with Crippen molar-refractivity contribution in [2.45, 2.75) is 19.4 Å². The number of aliphatic hydroxyl groups is 1. The van der Waals surface area contributed by atoms with Gasteiger partial charge in [-0.15, -0.1) is 0 Å². The van der Waals surface area contributed by atoms with Crippen LogP contribution in [-0.4, -0.2) is 38.0 Å². The molecule has 0 saturated heterocycles. The van der Waals surface area contributed by atoms with Gasteiger partial charge in [0.1, 0.15) is 0 Å². The third kappa shape index (κ3) is 6.52. The van der Waals surface area contributed by atoms with Crippen molar-refractivity contribution in [2.75, 3.05) is 26.9 Å². The molecule has 0 aromatic rings. The minimum atomic E-state index is -0.00181. The predicted molar refractivity (Wildman–Crippen MR) is 50.1 cm³/mol. The van der Waals surface area contributed by atoms with Gasteiger partial charge in [0.2, 0.25) is 0 Å². The van der Waals surface area contributed by atoms with Gasteiger partial charge in [0.15, 0.2) is 0 Å². The second kappa shape index (κ2) is 7.99. The predicted octanol–water partition coefficient (Wildman–Crippen LogP) is 0.133. The van der Waals surface area contributed by atoms with Gasteiger partial charge >= 0.3 is 0 Å². The minimum absolute atomic E-state index is 0.00181. The van der Waals surface area contributed by atoms with E-state index in [9.17, 15) is 0 Å². The molecular formula is C9H18N2O2. The van der Waals surface area contributed by atoms with Crippen LogP contribution in [0.1, 0.15) is 13.3 Å². The summed E-state index contributed by atoms with van der Waals surface area (Å²) in [6.45, 7) is 3.21. The number of ether oxygens (including phenoxy) is 1. The van der Waals surface area contributed by atoms with Gasteiger partial charge < -0.3 is 15.2 Å². The molecule has 76 valence electrons. The summed E-state index contributed by atoms with van der Waals surface area (Å²) in [7, 11) is 1.62. The molecule has 0 spiro atoms. The maximum absolute atomic E-state index is 8.73. The maximum Gasteiger partial charge on any atom is 0.0666 e. The van der Waals surface area contributed by atoms with Crippen molar-refractivity contribution in [3.05, 3.63) is 0 Å². The summed E-state index contributed by atoms with van der Waals surface area (Å²) in [4.78, 5) is 0. The largest absolute Gasteiger partial charge is 0.396 e. The lowest BCUT2D eigenvalue weighted by Gasteiger charge is -2.17. The molecule has 0 fully saturated rings. The first-order chi connectivity index (χ1) is 6.24. The summed E-state index contributed by atoms with van der Waals surface area (Å²) in [6.07, 6.45) is 0.659. The van der Waals surface area contributed by atoms with Crippen LogP contribution in [0, 0.1) is 17.2 Å². The number of aliphatic hydroxyl groups excluding tert-OH is 1. The lowest BCUT2D eigenvalue weighted by atomic mass is 10.1. The highest BCUT2D eigenvalue weighted by Gasteiger charge is 2.08. The summed E-state index contributed by atoms with van der Waals surface area (Å²) in [6, 6.07) is 2.28. The molecule has 13 heavy (non-hydrogen) atoms. The van der Waals surface area contributed by atoms with Gasteiger partial charge in [-0.25, -0.2) is 0 Å². The number of nitriles is 1. The zero-order valence-corrected chi connectivity index (χ0v) is 8.29. The number of nitrogens with one attached hydrogen (secondary N) is 1. The molecule has 0 saturated carbocycles. The highest BCUT2D eigenvalue weighted by Crippen LogP contribution is 1.95. The monoisotopic (exact) mass is 186 g/mol. The van der Waals surface area contributed by atoms with Gasteiger partial charge in [0, 0.05) is 26.3 Å². The SMILES string of the molecule is COCC(CCO)NCC(C)C#N. The first kappa shape index (κ1) is 12.4. The fourth-order valence-corrected chi connectivity index (χ4v) is 0.990. The van der Waals surface area contributed by atoms with E-state index in [2.05, 4.69) is 11.4 Å². The zero-order chi connectivity index (χ0) is 10.1. The van der Waals surface area contributed by atoms with Gasteiger partial charge in [-0.1, -0.05) is 0 Å². The summed E-state index contributed by atoms with van der Waals surface area (Å²) in [5.41, 5.74) is 0. The number of hydrogen-bond acceptors (Lipinski definition) is 4. The van der Waals surface area contributed by atoms with Crippen LogP contribution in [0.15, 0.2) is 0 Å². The lowest BCUT2D eigenvalue weighted by molar-refractivity contribution is 0.147. The van der Waals surface area contributed by atoms with E-state index in [1.54, 1.807) is 7.11 Å². The van der Waals surface area contributed by atoms with E-state index in [0.29, 0.717) is 19.6 Å². The molecule has 0 aliphatic carbocycles. The van der Waals surface area contributed by atoms with Crippen LogP contribution in [0.5, 0.6) is 0 Å². The topological polar surface area (TPSA) is 65.3 Å². The third-order valence-electron chi connectivity index (χ3n) is 1.78. The average Bonchev–Trinajstić information content (AvgIpc) is 2.14. The Kier molecular flexibility index (Phi) is 7.60. The van der Waals surface area contributed by atoms with Crippen molar-refractivity contribution in [3.8, 4) is 6.07 Å². The van der Waals surface area contributed by atoms with Crippen molar-refractivity contribution in [1.82, 2.24) is 5.32 Å². The Hall–Kier alpha value is -0.630. The van der Waals surface area contributed by atoms with Gasteiger partial charge in [-0.2, -0.15) is 5.26 Å². The molecule has 0 aromatic carbocycles. The molecule has 2 atom stereocenters. The summed E-state index contributed by atoms with van der Waals surface area (Å²) in [5, 5.41) is 20.4. The molecule has 0 aliphatic rings. The molecule has 0 radical (unpaired) electrons. The molecule has 2 unspecified atom stereocenters. The van der Waals surface area contributed by atoms with Crippen LogP contribution < -0.4 is 5.32 Å². The molecule has 0 bridgehead atoms. The quantitative estimate of drug-likeness (QED) is 0.593. The number of nitrogens with zero attached hydrogens (tertiary/aromatic N) is 1. The molecule has 4 nitrogen and oxygen atoms in total. The van der Waals surface area contributed by atoms with Crippen molar-refractivity contribution >= 4 is 0 Å². The van der Waals surface area contributed by atoms with E-state index in [0.717, 1.165) is 0 Å². The Morgan fingerprint density at radius 2 is 2.31 bits per heavy atom. The molecule has 4 heteroatoms. The number of hydrogen-bond donors (Lipinski definition) is 2. The minimum Gasteiger partial charge on any atom is -0.396 e. The van der Waals surface area contributed by atoms with Crippen LogP contribution in [0.3, 0.4) is 0 Å². The first-order valence-electron chi connectivity index (χ1n) is 4.47. The van der Waals surface area contributed by atoms with E-state index in [1.807, 2.05) is 6.92 Å². The van der Waals surface area contributed by atoms with Gasteiger partial charge in [0.25, 0.3) is 0 Å². The Bertz CT molecular complexity index is 150. The van der Waals surface area contributed by atoms with Crippen molar-refractivity contribution in [2.24, 2.45) is 5.92 Å². The van der Waals surface area contributed by atoms with Crippen LogP contribution >= 0.6 is 0 Å². The number of methoxy groups -OCH3 is 1. The third-order valence-corrected chi connectivity index (χ3v) is 1.78. The van der Waals surface area contributed by atoms with E-state index in [1.165, 1.54) is 0 Å². The molecule has 2 N–H and O–H groups in total. The molecule has 0 aromatic heterocycles. The highest BCUT2D eigenvalue weighted by molar-refractivity contribution is 4.81. The van der Waals surface area contributed by atoms with Crippen molar-refractivity contribution in [1.29, 1.82) is 5.26 Å². The fraction of sp³-hybridized carbons (Fsp3) is 0.889.